The van der Waals surface area contributed by atoms with Crippen LogP contribution >= 0.6 is 11.8 Å². The molecule has 110 valence electrons. The van der Waals surface area contributed by atoms with E-state index < -0.39 is 0 Å². The number of thioether (sulfide) groups is 1. The summed E-state index contributed by atoms with van der Waals surface area (Å²) in [6.07, 6.45) is 0. The highest BCUT2D eigenvalue weighted by atomic mass is 32.2. The maximum atomic E-state index is 11.0. The first kappa shape index (κ1) is 16.7. The average Bonchev–Trinajstić information content (AvgIpc) is 2.47. The van der Waals surface area contributed by atoms with Gasteiger partial charge < -0.3 is 5.11 Å². The van der Waals surface area contributed by atoms with Crippen molar-refractivity contribution in [1.82, 2.24) is 0 Å². The van der Waals surface area contributed by atoms with E-state index in [4.69, 9.17) is 9.90 Å². The van der Waals surface area contributed by atoms with E-state index in [0.29, 0.717) is 0 Å². The van der Waals surface area contributed by atoms with Crippen molar-refractivity contribution in [2.75, 3.05) is 0 Å². The molecule has 0 aliphatic carbocycles. The summed E-state index contributed by atoms with van der Waals surface area (Å²) in [5.74, 6) is 0.741. The Morgan fingerprint density at radius 2 is 1.86 bits per heavy atom. The maximum absolute atomic E-state index is 11.0. The van der Waals surface area contributed by atoms with E-state index >= 15 is 0 Å². The summed E-state index contributed by atoms with van der Waals surface area (Å²) in [6.45, 7) is 1.61. The molecule has 0 heterocycles. The molecule has 2 aromatic carbocycles. The Morgan fingerprint density at radius 3 is 2.43 bits per heavy atom. The van der Waals surface area contributed by atoms with E-state index in [1.165, 1.54) is 11.8 Å². The van der Waals surface area contributed by atoms with Gasteiger partial charge in [-0.1, -0.05) is 36.4 Å². The average molecular weight is 305 g/mol. The standard InChI is InChI=1S/C14H13NO2S.CH2O2/c1-11-7-8-14(13(9-11)15(16)17)18-10-12-5-3-2-4-6-12;2-1-3/h2-9H,10H2,1H3;1H,(H,2,3). The van der Waals surface area contributed by atoms with Gasteiger partial charge >= 0.3 is 0 Å². The van der Waals surface area contributed by atoms with Gasteiger partial charge in [-0.3, -0.25) is 14.9 Å². The molecule has 2 rings (SSSR count). The highest BCUT2D eigenvalue weighted by Crippen LogP contribution is 2.32. The molecule has 0 aliphatic rings. The molecule has 0 spiro atoms. The van der Waals surface area contributed by atoms with Crippen molar-refractivity contribution in [3.8, 4) is 0 Å². The van der Waals surface area contributed by atoms with Gasteiger partial charge in [0.05, 0.1) is 9.82 Å². The lowest BCUT2D eigenvalue weighted by molar-refractivity contribution is -0.387. The van der Waals surface area contributed by atoms with Gasteiger partial charge in [0, 0.05) is 11.8 Å². The minimum atomic E-state index is -0.319. The first-order valence-corrected chi connectivity index (χ1v) is 7.06. The number of carbonyl (C=O) groups is 1. The number of rotatable bonds is 4. The van der Waals surface area contributed by atoms with E-state index in [2.05, 4.69) is 0 Å². The van der Waals surface area contributed by atoms with E-state index in [1.807, 2.05) is 49.4 Å². The van der Waals surface area contributed by atoms with Crippen molar-refractivity contribution in [2.45, 2.75) is 17.6 Å². The maximum Gasteiger partial charge on any atom is 0.290 e. The molecular weight excluding hydrogens is 290 g/mol. The molecule has 0 fully saturated rings. The van der Waals surface area contributed by atoms with Crippen molar-refractivity contribution < 1.29 is 14.8 Å². The zero-order chi connectivity index (χ0) is 15.7. The van der Waals surface area contributed by atoms with Crippen molar-refractivity contribution in [3.63, 3.8) is 0 Å². The zero-order valence-corrected chi connectivity index (χ0v) is 12.2. The van der Waals surface area contributed by atoms with Gasteiger partial charge in [0.25, 0.3) is 12.2 Å². The number of carboxylic acid groups (broad SMARTS) is 1. The van der Waals surface area contributed by atoms with Crippen LogP contribution in [-0.4, -0.2) is 16.5 Å². The number of hydrogen-bond acceptors (Lipinski definition) is 4. The number of nitro groups is 1. The molecule has 5 nitrogen and oxygen atoms in total. The Kier molecular flexibility index (Phi) is 6.97. The summed E-state index contributed by atoms with van der Waals surface area (Å²) in [4.78, 5) is 19.7. The summed E-state index contributed by atoms with van der Waals surface area (Å²) in [5, 5.41) is 17.9. The van der Waals surface area contributed by atoms with Crippen LogP contribution in [0, 0.1) is 17.0 Å². The van der Waals surface area contributed by atoms with Crippen LogP contribution < -0.4 is 0 Å². The number of aryl methyl sites for hydroxylation is 1. The highest BCUT2D eigenvalue weighted by Gasteiger charge is 2.13. The van der Waals surface area contributed by atoms with Gasteiger partial charge in [0.1, 0.15) is 0 Å². The number of nitrogens with zero attached hydrogens (tertiary/aromatic N) is 1. The Morgan fingerprint density at radius 1 is 1.24 bits per heavy atom. The predicted molar refractivity (Wildman–Crippen MR) is 82.5 cm³/mol. The van der Waals surface area contributed by atoms with Crippen molar-refractivity contribution in [1.29, 1.82) is 0 Å². The Bertz CT molecular complexity index is 602. The number of nitro benzene ring substituents is 1. The summed E-state index contributed by atoms with van der Waals surface area (Å²) in [5.41, 5.74) is 2.26. The predicted octanol–water partition coefficient (Wildman–Crippen LogP) is 3.90. The van der Waals surface area contributed by atoms with Crippen LogP contribution in [0.2, 0.25) is 0 Å². The van der Waals surface area contributed by atoms with Crippen LogP contribution in [0.4, 0.5) is 5.69 Å². The molecule has 0 saturated carbocycles. The third kappa shape index (κ3) is 5.66. The number of benzene rings is 2. The Hall–Kier alpha value is -2.34. The lowest BCUT2D eigenvalue weighted by Gasteiger charge is -2.04. The van der Waals surface area contributed by atoms with Gasteiger partial charge in [-0.2, -0.15) is 0 Å². The molecule has 0 atom stereocenters. The molecule has 1 N–H and O–H groups in total. The summed E-state index contributed by atoms with van der Waals surface area (Å²) in [7, 11) is 0. The molecule has 0 aliphatic heterocycles. The van der Waals surface area contributed by atoms with Gasteiger partial charge in [-0.05, 0) is 24.1 Å². The van der Waals surface area contributed by atoms with Crippen molar-refractivity contribution >= 4 is 23.9 Å². The molecule has 2 aromatic rings. The van der Waals surface area contributed by atoms with Crippen LogP contribution in [0.5, 0.6) is 0 Å². The SMILES string of the molecule is Cc1ccc(SCc2ccccc2)c([N+](=O)[O-])c1.O=CO. The minimum absolute atomic E-state index is 0.191. The lowest BCUT2D eigenvalue weighted by atomic mass is 10.2. The van der Waals surface area contributed by atoms with Crippen LogP contribution in [0.1, 0.15) is 11.1 Å². The normalized spacial score (nSPS) is 9.38. The fraction of sp³-hybridized carbons (Fsp3) is 0.133. The van der Waals surface area contributed by atoms with E-state index in [9.17, 15) is 10.1 Å². The van der Waals surface area contributed by atoms with Crippen LogP contribution in [-0.2, 0) is 10.5 Å². The molecule has 0 radical (unpaired) electrons. The van der Waals surface area contributed by atoms with E-state index in [0.717, 1.165) is 21.8 Å². The summed E-state index contributed by atoms with van der Waals surface area (Å²) >= 11 is 1.50. The molecule has 0 bridgehead atoms. The quantitative estimate of drug-likeness (QED) is 0.401. The van der Waals surface area contributed by atoms with Crippen molar-refractivity contribution in [3.05, 3.63) is 69.8 Å². The first-order chi connectivity index (χ1) is 10.1. The zero-order valence-electron chi connectivity index (χ0n) is 11.4. The second-order valence-corrected chi connectivity index (χ2v) is 5.13. The summed E-state index contributed by atoms with van der Waals surface area (Å²) < 4.78 is 0. The second-order valence-electron chi connectivity index (χ2n) is 4.11. The lowest BCUT2D eigenvalue weighted by Crippen LogP contribution is -1.92. The third-order valence-corrected chi connectivity index (χ3v) is 3.68. The smallest absolute Gasteiger partial charge is 0.290 e. The Labute approximate surface area is 126 Å². The van der Waals surface area contributed by atoms with E-state index in [-0.39, 0.29) is 17.1 Å². The molecule has 6 heteroatoms. The molecule has 0 saturated heterocycles. The van der Waals surface area contributed by atoms with Crippen LogP contribution in [0.15, 0.2) is 53.4 Å². The van der Waals surface area contributed by atoms with Gasteiger partial charge in [-0.15, -0.1) is 11.8 Å². The van der Waals surface area contributed by atoms with Gasteiger partial charge in [0.15, 0.2) is 0 Å². The number of hydrogen-bond donors (Lipinski definition) is 1. The Balaban J connectivity index is 0.000000677. The van der Waals surface area contributed by atoms with Gasteiger partial charge in [-0.25, -0.2) is 0 Å². The molecule has 0 amide bonds. The first-order valence-electron chi connectivity index (χ1n) is 6.08. The fourth-order valence-corrected chi connectivity index (χ4v) is 2.59. The monoisotopic (exact) mass is 305 g/mol. The van der Waals surface area contributed by atoms with Gasteiger partial charge in [0.2, 0.25) is 0 Å². The molecule has 0 aromatic heterocycles. The molecule has 21 heavy (non-hydrogen) atoms. The third-order valence-electron chi connectivity index (χ3n) is 2.55. The molecule has 0 unspecified atom stereocenters. The topological polar surface area (TPSA) is 80.4 Å². The highest BCUT2D eigenvalue weighted by molar-refractivity contribution is 7.98. The minimum Gasteiger partial charge on any atom is -0.483 e. The second kappa shape index (κ2) is 8.76. The van der Waals surface area contributed by atoms with Crippen LogP contribution in [0.3, 0.4) is 0 Å². The van der Waals surface area contributed by atoms with Crippen molar-refractivity contribution in [2.24, 2.45) is 0 Å². The van der Waals surface area contributed by atoms with E-state index in [1.54, 1.807) is 6.07 Å². The summed E-state index contributed by atoms with van der Waals surface area (Å²) in [6, 6.07) is 15.3. The fourth-order valence-electron chi connectivity index (χ4n) is 1.63. The van der Waals surface area contributed by atoms with Crippen LogP contribution in [0.25, 0.3) is 0 Å². The molecular formula is C15H15NO4S. The largest absolute Gasteiger partial charge is 0.483 e.